The average Bonchev–Trinajstić information content (AvgIpc) is 2.90. The topological polar surface area (TPSA) is 46.3 Å². The molecule has 3 nitrogen and oxygen atoms in total. The van der Waals surface area contributed by atoms with Gasteiger partial charge in [0.2, 0.25) is 0 Å². The SMILES string of the molecule is NC1Cc2c(I)ccc3c2C(C1)CN3C(=O)c1ccccc1. The van der Waals surface area contributed by atoms with Crippen molar-refractivity contribution in [2.45, 2.75) is 24.8 Å². The number of halogens is 1. The summed E-state index contributed by atoms with van der Waals surface area (Å²) in [7, 11) is 0. The average molecular weight is 404 g/mol. The van der Waals surface area contributed by atoms with Gasteiger partial charge in [-0.3, -0.25) is 4.79 Å². The summed E-state index contributed by atoms with van der Waals surface area (Å²) in [4.78, 5) is 14.8. The molecule has 1 amide bonds. The molecule has 0 radical (unpaired) electrons. The Labute approximate surface area is 143 Å². The number of amides is 1. The third-order valence-electron chi connectivity index (χ3n) is 4.70. The van der Waals surface area contributed by atoms with E-state index < -0.39 is 0 Å². The van der Waals surface area contributed by atoms with Crippen LogP contribution in [0.4, 0.5) is 5.69 Å². The van der Waals surface area contributed by atoms with Crippen LogP contribution in [0.1, 0.15) is 33.8 Å². The van der Waals surface area contributed by atoms with Crippen molar-refractivity contribution >= 4 is 34.2 Å². The summed E-state index contributed by atoms with van der Waals surface area (Å²) in [5.41, 5.74) is 10.8. The molecular weight excluding hydrogens is 387 g/mol. The van der Waals surface area contributed by atoms with Crippen molar-refractivity contribution < 1.29 is 4.79 Å². The van der Waals surface area contributed by atoms with Crippen LogP contribution in [-0.2, 0) is 6.42 Å². The highest BCUT2D eigenvalue weighted by atomic mass is 127. The highest BCUT2D eigenvalue weighted by molar-refractivity contribution is 14.1. The predicted molar refractivity (Wildman–Crippen MR) is 96.3 cm³/mol. The highest BCUT2D eigenvalue weighted by Gasteiger charge is 2.38. The minimum atomic E-state index is 0.0898. The fourth-order valence-corrected chi connectivity index (χ4v) is 4.46. The lowest BCUT2D eigenvalue weighted by Crippen LogP contribution is -2.33. The quantitative estimate of drug-likeness (QED) is 0.742. The van der Waals surface area contributed by atoms with Crippen LogP contribution in [0.3, 0.4) is 0 Å². The van der Waals surface area contributed by atoms with Gasteiger partial charge in [0.25, 0.3) is 5.91 Å². The van der Waals surface area contributed by atoms with Crippen molar-refractivity contribution in [3.63, 3.8) is 0 Å². The van der Waals surface area contributed by atoms with E-state index in [9.17, 15) is 4.79 Å². The second kappa shape index (κ2) is 5.35. The lowest BCUT2D eigenvalue weighted by Gasteiger charge is -2.26. The van der Waals surface area contributed by atoms with Crippen molar-refractivity contribution in [3.05, 3.63) is 62.7 Å². The molecule has 1 aliphatic heterocycles. The number of anilines is 1. The van der Waals surface area contributed by atoms with Gasteiger partial charge in [0.15, 0.2) is 0 Å². The van der Waals surface area contributed by atoms with Gasteiger partial charge in [-0.15, -0.1) is 0 Å². The maximum absolute atomic E-state index is 12.9. The molecular formula is C18H17IN2O. The summed E-state index contributed by atoms with van der Waals surface area (Å²) < 4.78 is 1.27. The Morgan fingerprint density at radius 1 is 1.18 bits per heavy atom. The molecule has 2 aromatic rings. The number of hydrogen-bond donors (Lipinski definition) is 1. The van der Waals surface area contributed by atoms with Crippen LogP contribution in [0, 0.1) is 3.57 Å². The highest BCUT2D eigenvalue weighted by Crippen LogP contribution is 2.46. The normalized spacial score (nSPS) is 22.5. The van der Waals surface area contributed by atoms with E-state index in [1.807, 2.05) is 35.2 Å². The maximum Gasteiger partial charge on any atom is 0.258 e. The fraction of sp³-hybridized carbons (Fsp3) is 0.278. The summed E-state index contributed by atoms with van der Waals surface area (Å²) in [5, 5.41) is 0. The van der Waals surface area contributed by atoms with Gasteiger partial charge in [-0.25, -0.2) is 0 Å². The lowest BCUT2D eigenvalue weighted by atomic mass is 9.82. The first-order chi connectivity index (χ1) is 10.6. The minimum absolute atomic E-state index is 0.0898. The summed E-state index contributed by atoms with van der Waals surface area (Å²) in [5.74, 6) is 0.475. The van der Waals surface area contributed by atoms with Crippen LogP contribution in [0.5, 0.6) is 0 Å². The monoisotopic (exact) mass is 404 g/mol. The summed E-state index contributed by atoms with van der Waals surface area (Å²) >= 11 is 2.38. The van der Waals surface area contributed by atoms with Crippen LogP contribution in [-0.4, -0.2) is 18.5 Å². The molecule has 4 rings (SSSR count). The zero-order valence-corrected chi connectivity index (χ0v) is 14.3. The van der Waals surface area contributed by atoms with Crippen molar-refractivity contribution in [2.24, 2.45) is 5.73 Å². The van der Waals surface area contributed by atoms with Gasteiger partial charge in [-0.2, -0.15) is 0 Å². The van der Waals surface area contributed by atoms with E-state index >= 15 is 0 Å². The van der Waals surface area contributed by atoms with Crippen LogP contribution in [0.2, 0.25) is 0 Å². The Balaban J connectivity index is 1.79. The van der Waals surface area contributed by atoms with Crippen molar-refractivity contribution in [1.29, 1.82) is 0 Å². The molecule has 0 saturated carbocycles. The number of nitrogens with zero attached hydrogens (tertiary/aromatic N) is 1. The van der Waals surface area contributed by atoms with Crippen LogP contribution >= 0.6 is 22.6 Å². The van der Waals surface area contributed by atoms with Gasteiger partial charge in [-0.05, 0) is 70.8 Å². The first-order valence-electron chi connectivity index (χ1n) is 7.59. The van der Waals surface area contributed by atoms with Gasteiger partial charge in [0.05, 0.1) is 0 Å². The van der Waals surface area contributed by atoms with Gasteiger partial charge in [0, 0.05) is 33.3 Å². The molecule has 2 atom stereocenters. The Kier molecular flexibility index (Phi) is 3.46. The van der Waals surface area contributed by atoms with Crippen molar-refractivity contribution in [2.75, 3.05) is 11.4 Å². The Morgan fingerprint density at radius 3 is 2.73 bits per heavy atom. The molecule has 22 heavy (non-hydrogen) atoms. The molecule has 0 aromatic heterocycles. The first kappa shape index (κ1) is 14.2. The Bertz CT molecular complexity index is 744. The van der Waals surface area contributed by atoms with E-state index in [4.69, 9.17) is 5.73 Å². The molecule has 2 N–H and O–H groups in total. The summed E-state index contributed by atoms with van der Waals surface area (Å²) in [6, 6.07) is 13.9. The van der Waals surface area contributed by atoms with Crippen molar-refractivity contribution in [3.8, 4) is 0 Å². The van der Waals surface area contributed by atoms with E-state index in [2.05, 4.69) is 34.7 Å². The van der Waals surface area contributed by atoms with Gasteiger partial charge in [0.1, 0.15) is 0 Å². The van der Waals surface area contributed by atoms with Crippen LogP contribution < -0.4 is 10.6 Å². The van der Waals surface area contributed by atoms with Gasteiger partial charge >= 0.3 is 0 Å². The molecule has 112 valence electrons. The number of hydrogen-bond acceptors (Lipinski definition) is 2. The standard InChI is InChI=1S/C18H17IN2O/c19-15-6-7-16-17-12(8-13(20)9-14(15)17)10-21(16)18(22)11-4-2-1-3-5-11/h1-7,12-13H,8-10,20H2. The van der Waals surface area contributed by atoms with Crippen LogP contribution in [0.15, 0.2) is 42.5 Å². The Hall–Kier alpha value is -1.40. The predicted octanol–water partition coefficient (Wildman–Crippen LogP) is 3.31. The first-order valence-corrected chi connectivity index (χ1v) is 8.67. The van der Waals surface area contributed by atoms with E-state index in [0.29, 0.717) is 5.92 Å². The van der Waals surface area contributed by atoms with Crippen molar-refractivity contribution in [1.82, 2.24) is 0 Å². The second-order valence-electron chi connectivity index (χ2n) is 6.14. The molecule has 0 fully saturated rings. The van der Waals surface area contributed by atoms with E-state index in [1.165, 1.54) is 14.7 Å². The second-order valence-corrected chi connectivity index (χ2v) is 7.30. The molecule has 0 saturated heterocycles. The molecule has 0 spiro atoms. The number of benzene rings is 2. The lowest BCUT2D eigenvalue weighted by molar-refractivity contribution is 0.0988. The summed E-state index contributed by atoms with van der Waals surface area (Å²) in [6.45, 7) is 0.754. The van der Waals surface area contributed by atoms with E-state index in [0.717, 1.165) is 30.6 Å². The molecule has 4 heteroatoms. The summed E-state index contributed by atoms with van der Waals surface area (Å²) in [6.07, 6.45) is 1.89. The third-order valence-corrected chi connectivity index (χ3v) is 5.71. The molecule has 2 aliphatic rings. The number of carbonyl (C=O) groups is 1. The van der Waals surface area contributed by atoms with E-state index in [1.54, 1.807) is 0 Å². The molecule has 2 unspecified atom stereocenters. The third kappa shape index (κ3) is 2.16. The zero-order valence-electron chi connectivity index (χ0n) is 12.1. The van der Waals surface area contributed by atoms with Gasteiger partial charge < -0.3 is 10.6 Å². The largest absolute Gasteiger partial charge is 0.327 e. The van der Waals surface area contributed by atoms with Crippen LogP contribution in [0.25, 0.3) is 0 Å². The molecule has 0 bridgehead atoms. The fourth-order valence-electron chi connectivity index (χ4n) is 3.77. The Morgan fingerprint density at radius 2 is 1.95 bits per heavy atom. The van der Waals surface area contributed by atoms with Gasteiger partial charge in [-0.1, -0.05) is 18.2 Å². The minimum Gasteiger partial charge on any atom is -0.327 e. The number of carbonyl (C=O) groups excluding carboxylic acids is 1. The number of rotatable bonds is 1. The van der Waals surface area contributed by atoms with E-state index in [-0.39, 0.29) is 11.9 Å². The number of nitrogens with two attached hydrogens (primary N) is 1. The molecule has 1 heterocycles. The zero-order chi connectivity index (χ0) is 15.3. The smallest absolute Gasteiger partial charge is 0.258 e. The maximum atomic E-state index is 12.9. The molecule has 1 aliphatic carbocycles. The molecule has 2 aromatic carbocycles.